The number of aryl methyl sites for hydroxylation is 2. The Kier molecular flexibility index (Phi) is 9.11. The molecule has 2 aromatic rings. The van der Waals surface area contributed by atoms with Crippen LogP contribution in [0.4, 0.5) is 0 Å². The van der Waals surface area contributed by atoms with E-state index in [4.69, 9.17) is 9.47 Å². The van der Waals surface area contributed by atoms with Crippen molar-refractivity contribution in [2.45, 2.75) is 51.2 Å². The van der Waals surface area contributed by atoms with Gasteiger partial charge in [0.1, 0.15) is 5.75 Å². The Morgan fingerprint density at radius 2 is 1.90 bits per heavy atom. The number of methoxy groups -OCH3 is 1. The zero-order valence-electron chi connectivity index (χ0n) is 18.2. The molecule has 0 radical (unpaired) electrons. The van der Waals surface area contributed by atoms with Crippen LogP contribution in [0.5, 0.6) is 5.75 Å². The summed E-state index contributed by atoms with van der Waals surface area (Å²) in [5.74, 6) is 0.145. The van der Waals surface area contributed by atoms with E-state index in [1.165, 1.54) is 11.8 Å². The lowest BCUT2D eigenvalue weighted by Crippen LogP contribution is -2.31. The van der Waals surface area contributed by atoms with E-state index in [2.05, 4.69) is 15.3 Å². The van der Waals surface area contributed by atoms with Crippen LogP contribution in [0, 0.1) is 13.8 Å². The Balaban J connectivity index is 2.11. The van der Waals surface area contributed by atoms with Gasteiger partial charge in [-0.1, -0.05) is 23.9 Å². The fourth-order valence-corrected chi connectivity index (χ4v) is 3.62. The van der Waals surface area contributed by atoms with Crippen LogP contribution in [0.15, 0.2) is 29.4 Å². The SMILES string of the molecule is CCOC(=O)CC(NC(=O)CCc1c(C)nc(SC)nc1C)c1cccc(OC)c1. The molecule has 1 aromatic heterocycles. The number of ether oxygens (including phenoxy) is 2. The van der Waals surface area contributed by atoms with Gasteiger partial charge in [-0.05, 0) is 56.7 Å². The summed E-state index contributed by atoms with van der Waals surface area (Å²) < 4.78 is 10.3. The fraction of sp³-hybridized carbons (Fsp3) is 0.455. The summed E-state index contributed by atoms with van der Waals surface area (Å²) in [6.45, 7) is 5.91. The number of nitrogens with zero attached hydrogens (tertiary/aromatic N) is 2. The van der Waals surface area contributed by atoms with Gasteiger partial charge in [-0.15, -0.1) is 0 Å². The molecule has 30 heavy (non-hydrogen) atoms. The van der Waals surface area contributed by atoms with E-state index in [1.54, 1.807) is 14.0 Å². The number of aromatic nitrogens is 2. The Morgan fingerprint density at radius 3 is 2.50 bits per heavy atom. The molecule has 0 bridgehead atoms. The van der Waals surface area contributed by atoms with Crippen molar-refractivity contribution in [3.8, 4) is 5.75 Å². The summed E-state index contributed by atoms with van der Waals surface area (Å²) in [4.78, 5) is 33.7. The summed E-state index contributed by atoms with van der Waals surface area (Å²) >= 11 is 1.49. The van der Waals surface area contributed by atoms with Gasteiger partial charge in [0.05, 0.1) is 26.2 Å². The van der Waals surface area contributed by atoms with Crippen LogP contribution in [0.2, 0.25) is 0 Å². The lowest BCUT2D eigenvalue weighted by atomic mass is 10.0. The van der Waals surface area contributed by atoms with Crippen molar-refractivity contribution in [2.24, 2.45) is 0 Å². The van der Waals surface area contributed by atoms with Crippen molar-refractivity contribution < 1.29 is 19.1 Å². The number of rotatable bonds is 10. The number of hydrogen-bond acceptors (Lipinski definition) is 7. The molecule has 0 aliphatic carbocycles. The number of carbonyl (C=O) groups is 2. The molecule has 0 saturated heterocycles. The number of benzene rings is 1. The summed E-state index contributed by atoms with van der Waals surface area (Å²) in [5, 5.41) is 3.69. The second-order valence-corrected chi connectivity index (χ2v) is 7.54. The normalized spacial score (nSPS) is 11.6. The third-order valence-electron chi connectivity index (χ3n) is 4.69. The standard InChI is InChI=1S/C22H29N3O4S/c1-6-29-21(27)13-19(16-8-7-9-17(12-16)28-4)25-20(26)11-10-18-14(2)23-22(30-5)24-15(18)3/h7-9,12,19H,6,10-11,13H2,1-5H3,(H,25,26). The summed E-state index contributed by atoms with van der Waals surface area (Å²) in [7, 11) is 1.58. The van der Waals surface area contributed by atoms with Crippen LogP contribution in [-0.4, -0.2) is 41.8 Å². The molecule has 162 valence electrons. The van der Waals surface area contributed by atoms with E-state index in [0.717, 1.165) is 27.7 Å². The lowest BCUT2D eigenvalue weighted by molar-refractivity contribution is -0.143. The summed E-state index contributed by atoms with van der Waals surface area (Å²) in [6, 6.07) is 6.82. The zero-order valence-corrected chi connectivity index (χ0v) is 19.0. The van der Waals surface area contributed by atoms with E-state index < -0.39 is 6.04 Å². The molecule has 1 heterocycles. The predicted octanol–water partition coefficient (Wildman–Crippen LogP) is 3.57. The molecule has 2 rings (SSSR count). The molecule has 1 amide bonds. The monoisotopic (exact) mass is 431 g/mol. The largest absolute Gasteiger partial charge is 0.497 e. The van der Waals surface area contributed by atoms with E-state index >= 15 is 0 Å². The number of hydrogen-bond donors (Lipinski definition) is 1. The van der Waals surface area contributed by atoms with Gasteiger partial charge < -0.3 is 14.8 Å². The molecule has 1 atom stereocenters. The van der Waals surface area contributed by atoms with Crippen molar-refractivity contribution in [1.29, 1.82) is 0 Å². The molecule has 0 spiro atoms. The van der Waals surface area contributed by atoms with Crippen molar-refractivity contribution in [1.82, 2.24) is 15.3 Å². The highest BCUT2D eigenvalue weighted by atomic mass is 32.2. The second-order valence-electron chi connectivity index (χ2n) is 6.77. The van der Waals surface area contributed by atoms with Gasteiger partial charge in [-0.3, -0.25) is 9.59 Å². The highest BCUT2D eigenvalue weighted by Crippen LogP contribution is 2.23. The van der Waals surface area contributed by atoms with Crippen LogP contribution in [0.1, 0.15) is 48.3 Å². The number of nitrogens with one attached hydrogen (secondary N) is 1. The minimum absolute atomic E-state index is 0.0519. The minimum Gasteiger partial charge on any atom is -0.497 e. The molecular formula is C22H29N3O4S. The quantitative estimate of drug-likeness (QED) is 0.349. The molecule has 0 aliphatic heterocycles. The maximum absolute atomic E-state index is 12.7. The number of amides is 1. The van der Waals surface area contributed by atoms with Crippen molar-refractivity contribution >= 4 is 23.6 Å². The molecule has 1 unspecified atom stereocenters. The topological polar surface area (TPSA) is 90.4 Å². The first-order valence-corrected chi connectivity index (χ1v) is 11.1. The maximum Gasteiger partial charge on any atom is 0.308 e. The van der Waals surface area contributed by atoms with Crippen molar-refractivity contribution in [2.75, 3.05) is 20.0 Å². The second kappa shape index (κ2) is 11.5. The van der Waals surface area contributed by atoms with E-state index in [-0.39, 0.29) is 24.7 Å². The van der Waals surface area contributed by atoms with Crippen molar-refractivity contribution in [3.05, 3.63) is 46.8 Å². The molecule has 0 fully saturated rings. The Morgan fingerprint density at radius 1 is 1.20 bits per heavy atom. The van der Waals surface area contributed by atoms with E-state index in [0.29, 0.717) is 18.8 Å². The Bertz CT molecular complexity index is 865. The highest BCUT2D eigenvalue weighted by molar-refractivity contribution is 7.98. The van der Waals surface area contributed by atoms with E-state index in [9.17, 15) is 9.59 Å². The third-order valence-corrected chi connectivity index (χ3v) is 5.24. The van der Waals surface area contributed by atoms with Crippen LogP contribution in [-0.2, 0) is 20.7 Å². The molecular weight excluding hydrogens is 402 g/mol. The van der Waals surface area contributed by atoms with Gasteiger partial charge in [0.2, 0.25) is 5.91 Å². The number of carbonyl (C=O) groups excluding carboxylic acids is 2. The van der Waals surface area contributed by atoms with Gasteiger partial charge >= 0.3 is 5.97 Å². The summed E-state index contributed by atoms with van der Waals surface area (Å²) in [5.41, 5.74) is 3.54. The highest BCUT2D eigenvalue weighted by Gasteiger charge is 2.20. The minimum atomic E-state index is -0.496. The first-order valence-electron chi connectivity index (χ1n) is 9.84. The average Bonchev–Trinajstić information content (AvgIpc) is 2.72. The van der Waals surface area contributed by atoms with E-state index in [1.807, 2.05) is 44.4 Å². The Labute approximate surface area is 182 Å². The van der Waals surface area contributed by atoms with Crippen molar-refractivity contribution in [3.63, 3.8) is 0 Å². The van der Waals surface area contributed by atoms with Gasteiger partial charge in [-0.2, -0.15) is 0 Å². The lowest BCUT2D eigenvalue weighted by Gasteiger charge is -2.19. The molecule has 0 aliphatic rings. The van der Waals surface area contributed by atoms with Gasteiger partial charge in [-0.25, -0.2) is 9.97 Å². The Hall–Kier alpha value is -2.61. The number of esters is 1. The van der Waals surface area contributed by atoms with Gasteiger partial charge in [0, 0.05) is 17.8 Å². The van der Waals surface area contributed by atoms with Crippen LogP contribution in [0.3, 0.4) is 0 Å². The van der Waals surface area contributed by atoms with Crippen LogP contribution < -0.4 is 10.1 Å². The van der Waals surface area contributed by atoms with Crippen LogP contribution in [0.25, 0.3) is 0 Å². The molecule has 1 N–H and O–H groups in total. The maximum atomic E-state index is 12.7. The summed E-state index contributed by atoms with van der Waals surface area (Å²) in [6.07, 6.45) is 2.79. The van der Waals surface area contributed by atoms with Crippen LogP contribution >= 0.6 is 11.8 Å². The first kappa shape index (κ1) is 23.7. The zero-order chi connectivity index (χ0) is 22.1. The predicted molar refractivity (Wildman–Crippen MR) is 117 cm³/mol. The average molecular weight is 432 g/mol. The molecule has 8 heteroatoms. The fourth-order valence-electron chi connectivity index (χ4n) is 3.16. The van der Waals surface area contributed by atoms with Gasteiger partial charge in [0.15, 0.2) is 5.16 Å². The van der Waals surface area contributed by atoms with Gasteiger partial charge in [0.25, 0.3) is 0 Å². The smallest absolute Gasteiger partial charge is 0.308 e. The molecule has 7 nitrogen and oxygen atoms in total. The number of thioether (sulfide) groups is 1. The molecule has 1 aromatic carbocycles. The first-order chi connectivity index (χ1) is 14.4. The third kappa shape index (κ3) is 6.73. The molecule has 0 saturated carbocycles.